The number of nitrogens with one attached hydrogen (secondary N) is 1. The molecule has 0 spiro atoms. The number of methoxy groups -OCH3 is 3. The topological polar surface area (TPSA) is 39.7 Å². The number of ether oxygens (including phenoxy) is 3. The molecule has 0 aliphatic heterocycles. The summed E-state index contributed by atoms with van der Waals surface area (Å²) in [5.41, 5.74) is 2.48. The molecular formula is C13H19NO3. The van der Waals surface area contributed by atoms with Gasteiger partial charge in [0.2, 0.25) is 5.75 Å². The molecule has 0 aromatic heterocycles. The van der Waals surface area contributed by atoms with Crippen LogP contribution in [0.5, 0.6) is 17.2 Å². The van der Waals surface area contributed by atoms with E-state index in [0.29, 0.717) is 11.8 Å². The van der Waals surface area contributed by atoms with E-state index in [1.807, 2.05) is 13.1 Å². The van der Waals surface area contributed by atoms with Crippen LogP contribution >= 0.6 is 0 Å². The highest BCUT2D eigenvalue weighted by atomic mass is 16.5. The molecular weight excluding hydrogens is 218 g/mol. The van der Waals surface area contributed by atoms with Crippen LogP contribution in [0.2, 0.25) is 0 Å². The van der Waals surface area contributed by atoms with Crippen molar-refractivity contribution in [1.82, 2.24) is 5.32 Å². The molecule has 0 bridgehead atoms. The minimum absolute atomic E-state index is 0.374. The van der Waals surface area contributed by atoms with E-state index in [2.05, 4.69) is 5.32 Å². The highest BCUT2D eigenvalue weighted by Gasteiger charge is 2.29. The second-order valence-corrected chi connectivity index (χ2v) is 4.09. The van der Waals surface area contributed by atoms with Crippen molar-refractivity contribution in [2.75, 3.05) is 28.4 Å². The maximum absolute atomic E-state index is 5.48. The molecule has 17 heavy (non-hydrogen) atoms. The van der Waals surface area contributed by atoms with Crippen LogP contribution < -0.4 is 19.5 Å². The largest absolute Gasteiger partial charge is 0.493 e. The zero-order valence-electron chi connectivity index (χ0n) is 10.8. The zero-order valence-corrected chi connectivity index (χ0v) is 10.8. The smallest absolute Gasteiger partial charge is 0.203 e. The molecule has 1 aliphatic rings. The molecule has 0 amide bonds. The molecule has 1 N–H and O–H groups in total. The molecule has 1 aliphatic carbocycles. The highest BCUT2D eigenvalue weighted by molar-refractivity contribution is 5.61. The van der Waals surface area contributed by atoms with Crippen molar-refractivity contribution in [3.05, 3.63) is 17.2 Å². The van der Waals surface area contributed by atoms with Gasteiger partial charge in [-0.3, -0.25) is 0 Å². The van der Waals surface area contributed by atoms with Gasteiger partial charge < -0.3 is 19.5 Å². The summed E-state index contributed by atoms with van der Waals surface area (Å²) >= 11 is 0. The van der Waals surface area contributed by atoms with E-state index in [1.165, 1.54) is 11.1 Å². The summed E-state index contributed by atoms with van der Waals surface area (Å²) in [6.45, 7) is 0. The molecule has 1 aromatic carbocycles. The third kappa shape index (κ3) is 1.82. The van der Waals surface area contributed by atoms with E-state index >= 15 is 0 Å². The molecule has 0 saturated carbocycles. The Morgan fingerprint density at radius 3 is 2.35 bits per heavy atom. The summed E-state index contributed by atoms with van der Waals surface area (Å²) in [5.74, 6) is 2.22. The summed E-state index contributed by atoms with van der Waals surface area (Å²) in [6.07, 6.45) is 2.09. The second-order valence-electron chi connectivity index (χ2n) is 4.09. The summed E-state index contributed by atoms with van der Waals surface area (Å²) < 4.78 is 16.2. The summed E-state index contributed by atoms with van der Waals surface area (Å²) in [4.78, 5) is 0. The van der Waals surface area contributed by atoms with Gasteiger partial charge in [-0.25, -0.2) is 0 Å². The van der Waals surface area contributed by atoms with Crippen LogP contribution in [0.4, 0.5) is 0 Å². The second kappa shape index (κ2) is 4.84. The highest BCUT2D eigenvalue weighted by Crippen LogP contribution is 2.47. The van der Waals surface area contributed by atoms with Crippen molar-refractivity contribution in [1.29, 1.82) is 0 Å². The summed E-state index contributed by atoms with van der Waals surface area (Å²) in [5, 5.41) is 3.31. The Hall–Kier alpha value is -1.42. The SMILES string of the molecule is CNC1CCc2c1cc(OC)c(OC)c2OC. The molecule has 0 heterocycles. The van der Waals surface area contributed by atoms with Crippen molar-refractivity contribution < 1.29 is 14.2 Å². The van der Waals surface area contributed by atoms with E-state index in [4.69, 9.17) is 14.2 Å². The minimum Gasteiger partial charge on any atom is -0.493 e. The Labute approximate surface area is 102 Å². The number of benzene rings is 1. The molecule has 1 atom stereocenters. The molecule has 4 heteroatoms. The lowest BCUT2D eigenvalue weighted by Gasteiger charge is -2.17. The molecule has 94 valence electrons. The first kappa shape index (κ1) is 12.0. The lowest BCUT2D eigenvalue weighted by atomic mass is 10.1. The van der Waals surface area contributed by atoms with Crippen molar-refractivity contribution in [2.45, 2.75) is 18.9 Å². The van der Waals surface area contributed by atoms with Gasteiger partial charge in [0, 0.05) is 11.6 Å². The molecule has 2 rings (SSSR count). The van der Waals surface area contributed by atoms with Gasteiger partial charge in [-0.05, 0) is 31.5 Å². The fourth-order valence-corrected chi connectivity index (χ4v) is 2.55. The number of fused-ring (bicyclic) bond motifs is 1. The van der Waals surface area contributed by atoms with E-state index in [-0.39, 0.29) is 0 Å². The molecule has 1 unspecified atom stereocenters. The van der Waals surface area contributed by atoms with Gasteiger partial charge in [0.1, 0.15) is 0 Å². The normalized spacial score (nSPS) is 17.8. The Bertz CT molecular complexity index is 418. The van der Waals surface area contributed by atoms with Crippen molar-refractivity contribution in [2.24, 2.45) is 0 Å². The van der Waals surface area contributed by atoms with Crippen LogP contribution in [0.1, 0.15) is 23.6 Å². The van der Waals surface area contributed by atoms with Crippen LogP contribution in [-0.2, 0) is 6.42 Å². The minimum atomic E-state index is 0.374. The third-order valence-electron chi connectivity index (χ3n) is 3.37. The lowest BCUT2D eigenvalue weighted by Crippen LogP contribution is -2.13. The van der Waals surface area contributed by atoms with E-state index < -0.39 is 0 Å². The Morgan fingerprint density at radius 2 is 1.82 bits per heavy atom. The predicted octanol–water partition coefficient (Wildman–Crippen LogP) is 1.92. The van der Waals surface area contributed by atoms with Crippen LogP contribution in [0.15, 0.2) is 6.07 Å². The average molecular weight is 237 g/mol. The van der Waals surface area contributed by atoms with E-state index in [1.54, 1.807) is 21.3 Å². The van der Waals surface area contributed by atoms with Crippen molar-refractivity contribution >= 4 is 0 Å². The quantitative estimate of drug-likeness (QED) is 0.868. The van der Waals surface area contributed by atoms with Gasteiger partial charge in [0.15, 0.2) is 11.5 Å². The number of hydrogen-bond acceptors (Lipinski definition) is 4. The standard InChI is InChI=1S/C13H19NO3/c1-14-10-6-5-8-9(10)7-11(15-2)13(17-4)12(8)16-3/h7,10,14H,5-6H2,1-4H3. The molecule has 0 saturated heterocycles. The lowest BCUT2D eigenvalue weighted by molar-refractivity contribution is 0.322. The Kier molecular flexibility index (Phi) is 3.43. The Morgan fingerprint density at radius 1 is 1.12 bits per heavy atom. The predicted molar refractivity (Wildman–Crippen MR) is 66.2 cm³/mol. The first-order valence-corrected chi connectivity index (χ1v) is 5.75. The maximum Gasteiger partial charge on any atom is 0.203 e. The summed E-state index contributed by atoms with van der Waals surface area (Å²) in [6, 6.07) is 2.42. The fourth-order valence-electron chi connectivity index (χ4n) is 2.55. The maximum atomic E-state index is 5.48. The average Bonchev–Trinajstić information content (AvgIpc) is 2.78. The van der Waals surface area contributed by atoms with E-state index in [0.717, 1.165) is 24.3 Å². The third-order valence-corrected chi connectivity index (χ3v) is 3.37. The first-order valence-electron chi connectivity index (χ1n) is 5.75. The van der Waals surface area contributed by atoms with Crippen LogP contribution in [0.25, 0.3) is 0 Å². The molecule has 4 nitrogen and oxygen atoms in total. The van der Waals surface area contributed by atoms with E-state index in [9.17, 15) is 0 Å². The molecule has 0 radical (unpaired) electrons. The Balaban J connectivity index is 2.60. The fraction of sp³-hybridized carbons (Fsp3) is 0.538. The van der Waals surface area contributed by atoms with Gasteiger partial charge in [-0.2, -0.15) is 0 Å². The zero-order chi connectivity index (χ0) is 12.4. The number of rotatable bonds is 4. The van der Waals surface area contributed by atoms with Crippen molar-refractivity contribution in [3.63, 3.8) is 0 Å². The van der Waals surface area contributed by atoms with Crippen LogP contribution in [0, 0.1) is 0 Å². The number of hydrogen-bond donors (Lipinski definition) is 1. The van der Waals surface area contributed by atoms with Crippen molar-refractivity contribution in [3.8, 4) is 17.2 Å². The van der Waals surface area contributed by atoms with Crippen LogP contribution in [-0.4, -0.2) is 28.4 Å². The first-order chi connectivity index (χ1) is 8.26. The van der Waals surface area contributed by atoms with Gasteiger partial charge in [-0.15, -0.1) is 0 Å². The van der Waals surface area contributed by atoms with Gasteiger partial charge in [-0.1, -0.05) is 0 Å². The van der Waals surface area contributed by atoms with Gasteiger partial charge in [0.25, 0.3) is 0 Å². The summed E-state index contributed by atoms with van der Waals surface area (Å²) in [7, 11) is 6.93. The molecule has 1 aromatic rings. The molecule has 0 fully saturated rings. The van der Waals surface area contributed by atoms with Gasteiger partial charge in [0.05, 0.1) is 21.3 Å². The van der Waals surface area contributed by atoms with Gasteiger partial charge >= 0.3 is 0 Å². The van der Waals surface area contributed by atoms with Crippen LogP contribution in [0.3, 0.4) is 0 Å². The monoisotopic (exact) mass is 237 g/mol.